The van der Waals surface area contributed by atoms with Gasteiger partial charge in [-0.05, 0) is 37.8 Å². The Bertz CT molecular complexity index is 596. The molecule has 2 aliphatic heterocycles. The molecule has 0 saturated carbocycles. The number of nitro groups is 1. The highest BCUT2D eigenvalue weighted by atomic mass is 79.9. The highest BCUT2D eigenvalue weighted by Gasteiger charge is 2.43. The van der Waals surface area contributed by atoms with Crippen molar-refractivity contribution >= 4 is 27.5 Å². The second-order valence-corrected chi connectivity index (χ2v) is 6.88. The Hall–Kier alpha value is -1.50. The van der Waals surface area contributed by atoms with Crippen LogP contribution in [0.25, 0.3) is 0 Å². The second kappa shape index (κ2) is 5.36. The predicted octanol–water partition coefficient (Wildman–Crippen LogP) is 3.26. The number of fused-ring (bicyclic) bond motifs is 2. The van der Waals surface area contributed by atoms with Crippen LogP contribution in [0.2, 0.25) is 0 Å². The molecule has 2 saturated heterocycles. The highest BCUT2D eigenvalue weighted by molar-refractivity contribution is 9.09. The van der Waals surface area contributed by atoms with Gasteiger partial charge in [0.25, 0.3) is 11.6 Å². The Morgan fingerprint density at radius 1 is 1.33 bits per heavy atom. The molecule has 2 atom stereocenters. The van der Waals surface area contributed by atoms with Gasteiger partial charge in [0.1, 0.15) is 11.4 Å². The molecule has 0 spiro atoms. The van der Waals surface area contributed by atoms with E-state index in [1.165, 1.54) is 6.07 Å². The summed E-state index contributed by atoms with van der Waals surface area (Å²) >= 11 is 3.59. The lowest BCUT2D eigenvalue weighted by Gasteiger charge is -2.37. The molecule has 2 unspecified atom stereocenters. The SMILES string of the molecule is O=C(c1ccc(F)cc1[N+](=O)[O-])N1C2CCC1CC(Br)C2. The molecule has 1 aromatic rings. The van der Waals surface area contributed by atoms with Gasteiger partial charge in [-0.2, -0.15) is 0 Å². The number of alkyl halides is 1. The number of hydrogen-bond donors (Lipinski definition) is 0. The Kier molecular flexibility index (Phi) is 3.69. The number of hydrogen-bond acceptors (Lipinski definition) is 3. The van der Waals surface area contributed by atoms with Crippen molar-refractivity contribution in [3.63, 3.8) is 0 Å². The van der Waals surface area contributed by atoms with E-state index in [9.17, 15) is 19.3 Å². The molecular weight excluding hydrogens is 343 g/mol. The molecule has 2 fully saturated rings. The van der Waals surface area contributed by atoms with Crippen LogP contribution >= 0.6 is 15.9 Å². The molecule has 1 aromatic carbocycles. The summed E-state index contributed by atoms with van der Waals surface area (Å²) in [7, 11) is 0. The lowest BCUT2D eigenvalue weighted by Crippen LogP contribution is -2.47. The first-order chi connectivity index (χ1) is 9.97. The maximum absolute atomic E-state index is 13.2. The van der Waals surface area contributed by atoms with Crippen molar-refractivity contribution in [2.24, 2.45) is 0 Å². The first-order valence-electron chi connectivity index (χ1n) is 6.88. The zero-order chi connectivity index (χ0) is 15.1. The number of amides is 1. The Balaban J connectivity index is 1.95. The smallest absolute Gasteiger partial charge is 0.285 e. The fraction of sp³-hybridized carbons (Fsp3) is 0.500. The van der Waals surface area contributed by atoms with E-state index in [4.69, 9.17) is 0 Å². The number of nitro benzene ring substituents is 1. The molecule has 2 aliphatic rings. The predicted molar refractivity (Wildman–Crippen MR) is 78.0 cm³/mol. The van der Waals surface area contributed by atoms with E-state index in [1.54, 1.807) is 4.90 Å². The van der Waals surface area contributed by atoms with Crippen LogP contribution in [0.4, 0.5) is 10.1 Å². The minimum Gasteiger partial charge on any atom is -0.332 e. The number of nitrogens with zero attached hydrogens (tertiary/aromatic N) is 2. The monoisotopic (exact) mass is 356 g/mol. The van der Waals surface area contributed by atoms with Crippen molar-refractivity contribution in [2.75, 3.05) is 0 Å². The maximum atomic E-state index is 13.2. The van der Waals surface area contributed by atoms with Gasteiger partial charge in [0.05, 0.1) is 11.0 Å². The summed E-state index contributed by atoms with van der Waals surface area (Å²) in [6.45, 7) is 0. The number of carbonyl (C=O) groups is 1. The molecule has 1 amide bonds. The summed E-state index contributed by atoms with van der Waals surface area (Å²) in [6.07, 6.45) is 3.56. The molecule has 0 aromatic heterocycles. The normalized spacial score (nSPS) is 27.7. The van der Waals surface area contributed by atoms with Crippen LogP contribution in [-0.4, -0.2) is 32.6 Å². The molecule has 0 radical (unpaired) electrons. The van der Waals surface area contributed by atoms with Crippen molar-refractivity contribution in [3.8, 4) is 0 Å². The van der Waals surface area contributed by atoms with Gasteiger partial charge in [0, 0.05) is 16.9 Å². The van der Waals surface area contributed by atoms with Crippen molar-refractivity contribution in [3.05, 3.63) is 39.7 Å². The number of rotatable bonds is 2. The molecule has 21 heavy (non-hydrogen) atoms. The maximum Gasteiger partial charge on any atom is 0.285 e. The Labute approximate surface area is 129 Å². The zero-order valence-corrected chi connectivity index (χ0v) is 12.8. The first kappa shape index (κ1) is 14.4. The minimum absolute atomic E-state index is 0.0219. The van der Waals surface area contributed by atoms with Crippen molar-refractivity contribution in [1.82, 2.24) is 4.90 Å². The number of halogens is 2. The molecule has 7 heteroatoms. The van der Waals surface area contributed by atoms with Gasteiger partial charge in [0.15, 0.2) is 0 Å². The third-order valence-corrected chi connectivity index (χ3v) is 5.04. The molecular formula is C14H14BrFN2O3. The van der Waals surface area contributed by atoms with Crippen LogP contribution < -0.4 is 0 Å². The minimum atomic E-state index is -0.708. The van der Waals surface area contributed by atoms with Crippen LogP contribution in [0, 0.1) is 15.9 Å². The quantitative estimate of drug-likeness (QED) is 0.464. The van der Waals surface area contributed by atoms with Crippen molar-refractivity contribution < 1.29 is 14.1 Å². The van der Waals surface area contributed by atoms with Gasteiger partial charge < -0.3 is 4.90 Å². The second-order valence-electron chi connectivity index (χ2n) is 5.58. The fourth-order valence-electron chi connectivity index (χ4n) is 3.42. The van der Waals surface area contributed by atoms with Crippen LogP contribution in [0.3, 0.4) is 0 Å². The summed E-state index contributed by atoms with van der Waals surface area (Å²) in [5, 5.41) is 11.1. The van der Waals surface area contributed by atoms with E-state index in [1.807, 2.05) is 0 Å². The lowest BCUT2D eigenvalue weighted by molar-refractivity contribution is -0.385. The van der Waals surface area contributed by atoms with Gasteiger partial charge in [0.2, 0.25) is 0 Å². The summed E-state index contributed by atoms with van der Waals surface area (Å²) < 4.78 is 13.2. The number of piperidine rings is 1. The number of benzene rings is 1. The van der Waals surface area contributed by atoms with Gasteiger partial charge in [-0.25, -0.2) is 4.39 Å². The summed E-state index contributed by atoms with van der Waals surface area (Å²) in [5.74, 6) is -1.06. The van der Waals surface area contributed by atoms with E-state index >= 15 is 0 Å². The molecule has 5 nitrogen and oxygen atoms in total. The zero-order valence-electron chi connectivity index (χ0n) is 11.2. The Morgan fingerprint density at radius 2 is 1.95 bits per heavy atom. The molecule has 112 valence electrons. The van der Waals surface area contributed by atoms with Gasteiger partial charge in [-0.3, -0.25) is 14.9 Å². The summed E-state index contributed by atoms with van der Waals surface area (Å²) in [6, 6.07) is 3.36. The average Bonchev–Trinajstić information content (AvgIpc) is 2.70. The largest absolute Gasteiger partial charge is 0.332 e. The molecule has 2 bridgehead atoms. The van der Waals surface area contributed by atoms with Crippen LogP contribution in [0.5, 0.6) is 0 Å². The van der Waals surface area contributed by atoms with Gasteiger partial charge in [-0.15, -0.1) is 0 Å². The van der Waals surface area contributed by atoms with Crippen LogP contribution in [0.15, 0.2) is 18.2 Å². The summed E-state index contributed by atoms with van der Waals surface area (Å²) in [5.41, 5.74) is -0.480. The summed E-state index contributed by atoms with van der Waals surface area (Å²) in [4.78, 5) is 25.2. The molecule has 2 heterocycles. The standard InChI is InChI=1S/C14H14BrFN2O3/c15-8-5-10-2-3-11(6-8)17(10)14(19)12-4-1-9(16)7-13(12)18(20)21/h1,4,7-8,10-11H,2-3,5-6H2. The van der Waals surface area contributed by atoms with Crippen molar-refractivity contribution in [2.45, 2.75) is 42.6 Å². The van der Waals surface area contributed by atoms with Crippen LogP contribution in [0.1, 0.15) is 36.0 Å². The van der Waals surface area contributed by atoms with E-state index in [2.05, 4.69) is 15.9 Å². The molecule has 0 aliphatic carbocycles. The average molecular weight is 357 g/mol. The third-order valence-electron chi connectivity index (χ3n) is 4.30. The lowest BCUT2D eigenvalue weighted by atomic mass is 10.0. The molecule has 0 N–H and O–H groups in total. The molecule has 3 rings (SSSR count). The number of carbonyl (C=O) groups excluding carboxylic acids is 1. The first-order valence-corrected chi connectivity index (χ1v) is 7.79. The van der Waals surface area contributed by atoms with Crippen molar-refractivity contribution in [1.29, 1.82) is 0 Å². The highest BCUT2D eigenvalue weighted by Crippen LogP contribution is 2.40. The van der Waals surface area contributed by atoms with Gasteiger partial charge >= 0.3 is 0 Å². The van der Waals surface area contributed by atoms with E-state index in [-0.39, 0.29) is 23.6 Å². The van der Waals surface area contributed by atoms with E-state index < -0.39 is 16.4 Å². The topological polar surface area (TPSA) is 63.4 Å². The van der Waals surface area contributed by atoms with Crippen LogP contribution in [-0.2, 0) is 0 Å². The fourth-order valence-corrected chi connectivity index (χ4v) is 4.28. The van der Waals surface area contributed by atoms with E-state index in [0.717, 1.165) is 37.8 Å². The Morgan fingerprint density at radius 3 is 2.52 bits per heavy atom. The third kappa shape index (κ3) is 2.54. The van der Waals surface area contributed by atoms with Gasteiger partial charge in [-0.1, -0.05) is 15.9 Å². The van der Waals surface area contributed by atoms with E-state index in [0.29, 0.717) is 4.83 Å².